The number of nitrogens with zero attached hydrogens (tertiary/aromatic N) is 2. The van der Waals surface area contributed by atoms with E-state index >= 15 is 0 Å². The Morgan fingerprint density at radius 1 is 0.568 bits per heavy atom. The Kier molecular flexibility index (Phi) is 17.5. The van der Waals surface area contributed by atoms with Crippen molar-refractivity contribution in [1.29, 1.82) is 0 Å². The van der Waals surface area contributed by atoms with Crippen molar-refractivity contribution in [3.05, 3.63) is 59.7 Å². The summed E-state index contributed by atoms with van der Waals surface area (Å²) in [7, 11) is 0. The third kappa shape index (κ3) is 11.1. The van der Waals surface area contributed by atoms with E-state index < -0.39 is 0 Å². The van der Waals surface area contributed by atoms with Crippen LogP contribution in [0.5, 0.6) is 11.5 Å². The molecule has 2 aliphatic rings. The smallest absolute Gasteiger partial charge is 0.115 e. The molecule has 2 aliphatic heterocycles. The molecule has 4 rings (SSSR count). The number of phenolic OH excluding ortho intramolecular Hbond substituents is 2. The lowest BCUT2D eigenvalue weighted by Crippen LogP contribution is -2.39. The lowest BCUT2D eigenvalue weighted by molar-refractivity contribution is 0.213. The fraction of sp³-hybridized carbons (Fsp3) is 0.684. The Labute approximate surface area is 281 Å². The monoisotopic (exact) mass is 648 g/mol. The maximum atomic E-state index is 10.1. The van der Waals surface area contributed by atoms with Crippen molar-refractivity contribution in [3.63, 3.8) is 0 Å². The SMILES string of the molecule is CC[C@@]1(c2cccc(O)c2)CCCCN(CCCCCCCCCCN2CCCC[C@@](CC)(c3cccc(O)c3)C2)C1.Cl.Cl. The van der Waals surface area contributed by atoms with Crippen molar-refractivity contribution in [3.8, 4) is 11.5 Å². The Balaban J connectivity index is 0.00000337. The number of hydrogen-bond acceptors (Lipinski definition) is 4. The maximum absolute atomic E-state index is 10.1. The highest BCUT2D eigenvalue weighted by molar-refractivity contribution is 5.85. The van der Waals surface area contributed by atoms with E-state index in [0.717, 1.165) is 25.9 Å². The van der Waals surface area contributed by atoms with Crippen LogP contribution in [0.15, 0.2) is 48.5 Å². The molecule has 4 nitrogen and oxygen atoms in total. The Morgan fingerprint density at radius 3 is 1.32 bits per heavy atom. The van der Waals surface area contributed by atoms with E-state index in [1.54, 1.807) is 12.1 Å². The second-order valence-electron chi connectivity index (χ2n) is 13.7. The zero-order valence-corrected chi connectivity index (χ0v) is 29.4. The van der Waals surface area contributed by atoms with E-state index in [9.17, 15) is 10.2 Å². The van der Waals surface area contributed by atoms with Gasteiger partial charge in [-0.1, -0.05) is 89.5 Å². The second kappa shape index (κ2) is 19.9. The standard InChI is InChI=1S/C38H60N2O2.2ClH/c1-3-37(33-19-17-21-35(41)29-33)23-11-15-27-39(31-37)25-13-9-7-5-6-8-10-14-26-40-28-16-12-24-38(4-2,32-40)34-20-18-22-36(42)30-34;;/h17-22,29-30,41-42H,3-16,23-28,31-32H2,1-2H3;2*1H/t37-,38-;;/m1../s1. The topological polar surface area (TPSA) is 46.9 Å². The first-order chi connectivity index (χ1) is 20.5. The van der Waals surface area contributed by atoms with Gasteiger partial charge in [-0.15, -0.1) is 24.8 Å². The van der Waals surface area contributed by atoms with Crippen LogP contribution in [0.1, 0.15) is 128 Å². The van der Waals surface area contributed by atoms with Crippen molar-refractivity contribution >= 4 is 24.8 Å². The number of halogens is 2. The first-order valence-electron chi connectivity index (χ1n) is 17.5. The fourth-order valence-electron chi connectivity index (χ4n) is 8.01. The fourth-order valence-corrected chi connectivity index (χ4v) is 8.01. The molecule has 2 atom stereocenters. The van der Waals surface area contributed by atoms with Gasteiger partial charge in [-0.3, -0.25) is 0 Å². The van der Waals surface area contributed by atoms with E-state index in [1.165, 1.54) is 127 Å². The van der Waals surface area contributed by atoms with Gasteiger partial charge in [0.05, 0.1) is 0 Å². The van der Waals surface area contributed by atoms with Gasteiger partial charge in [-0.25, -0.2) is 0 Å². The van der Waals surface area contributed by atoms with Crippen LogP contribution in [0, 0.1) is 0 Å². The molecular weight excluding hydrogens is 587 g/mol. The summed E-state index contributed by atoms with van der Waals surface area (Å²) in [6.45, 7) is 11.8. The van der Waals surface area contributed by atoms with E-state index in [4.69, 9.17) is 0 Å². The number of hydrogen-bond donors (Lipinski definition) is 2. The molecular formula is C38H62Cl2N2O2. The predicted molar refractivity (Wildman–Crippen MR) is 192 cm³/mol. The molecule has 2 aromatic rings. The van der Waals surface area contributed by atoms with Gasteiger partial charge in [0.25, 0.3) is 0 Å². The van der Waals surface area contributed by atoms with Crippen LogP contribution in [0.2, 0.25) is 0 Å². The molecule has 2 heterocycles. The Hall–Kier alpha value is -1.46. The average Bonchev–Trinajstić information content (AvgIpc) is 3.35. The highest BCUT2D eigenvalue weighted by Crippen LogP contribution is 2.39. The van der Waals surface area contributed by atoms with E-state index in [-0.39, 0.29) is 35.6 Å². The van der Waals surface area contributed by atoms with Gasteiger partial charge >= 0.3 is 0 Å². The van der Waals surface area contributed by atoms with Crippen molar-refractivity contribution in [1.82, 2.24) is 9.80 Å². The van der Waals surface area contributed by atoms with Crippen LogP contribution in [0.3, 0.4) is 0 Å². The van der Waals surface area contributed by atoms with Crippen LogP contribution in [0.4, 0.5) is 0 Å². The lowest BCUT2D eigenvalue weighted by atomic mass is 9.74. The van der Waals surface area contributed by atoms with Crippen LogP contribution in [-0.4, -0.2) is 59.3 Å². The number of benzene rings is 2. The summed E-state index contributed by atoms with van der Waals surface area (Å²) in [5.74, 6) is 0.808. The van der Waals surface area contributed by atoms with Gasteiger partial charge in [0.1, 0.15) is 11.5 Å². The molecule has 0 aromatic heterocycles. The minimum atomic E-state index is 0. The highest BCUT2D eigenvalue weighted by atomic mass is 35.5. The molecule has 44 heavy (non-hydrogen) atoms. The zero-order valence-electron chi connectivity index (χ0n) is 27.8. The Morgan fingerprint density at radius 2 is 0.955 bits per heavy atom. The molecule has 2 N–H and O–H groups in total. The number of aromatic hydroxyl groups is 2. The number of rotatable bonds is 15. The summed E-state index contributed by atoms with van der Waals surface area (Å²) < 4.78 is 0. The third-order valence-electron chi connectivity index (χ3n) is 10.8. The highest BCUT2D eigenvalue weighted by Gasteiger charge is 2.35. The summed E-state index contributed by atoms with van der Waals surface area (Å²) in [5.41, 5.74) is 3.03. The van der Waals surface area contributed by atoms with Crippen molar-refractivity contribution in [2.24, 2.45) is 0 Å². The quantitative estimate of drug-likeness (QED) is 0.189. The van der Waals surface area contributed by atoms with E-state index in [2.05, 4.69) is 35.8 Å². The first kappa shape index (κ1) is 38.7. The largest absolute Gasteiger partial charge is 0.508 e. The van der Waals surface area contributed by atoms with Gasteiger partial charge in [-0.05, 0) is 113 Å². The molecule has 0 spiro atoms. The zero-order chi connectivity index (χ0) is 29.7. The van der Waals surface area contributed by atoms with Gasteiger partial charge in [0.2, 0.25) is 0 Å². The predicted octanol–water partition coefficient (Wildman–Crippen LogP) is 10.0. The summed E-state index contributed by atoms with van der Waals surface area (Å²) in [6.07, 6.45) is 20.7. The summed E-state index contributed by atoms with van der Waals surface area (Å²) in [6, 6.07) is 16.1. The summed E-state index contributed by atoms with van der Waals surface area (Å²) in [4.78, 5) is 5.44. The molecule has 0 unspecified atom stereocenters. The molecule has 6 heteroatoms. The van der Waals surface area contributed by atoms with Crippen LogP contribution >= 0.6 is 24.8 Å². The van der Waals surface area contributed by atoms with Gasteiger partial charge in [-0.2, -0.15) is 0 Å². The van der Waals surface area contributed by atoms with Gasteiger partial charge in [0.15, 0.2) is 0 Å². The molecule has 2 fully saturated rings. The van der Waals surface area contributed by atoms with E-state index in [0.29, 0.717) is 11.5 Å². The summed E-state index contributed by atoms with van der Waals surface area (Å²) >= 11 is 0. The molecule has 2 aromatic carbocycles. The minimum absolute atomic E-state index is 0. The minimum Gasteiger partial charge on any atom is -0.508 e. The molecule has 250 valence electrons. The second-order valence-corrected chi connectivity index (χ2v) is 13.7. The molecule has 0 amide bonds. The van der Waals surface area contributed by atoms with Crippen LogP contribution in [0.25, 0.3) is 0 Å². The summed E-state index contributed by atoms with van der Waals surface area (Å²) in [5, 5.41) is 20.2. The van der Waals surface area contributed by atoms with Crippen LogP contribution in [-0.2, 0) is 10.8 Å². The molecule has 0 aliphatic carbocycles. The number of unbranched alkanes of at least 4 members (excludes halogenated alkanes) is 7. The lowest BCUT2D eigenvalue weighted by Gasteiger charge is -2.36. The van der Waals surface area contributed by atoms with Crippen LogP contribution < -0.4 is 0 Å². The molecule has 0 saturated carbocycles. The van der Waals surface area contributed by atoms with Gasteiger partial charge in [0, 0.05) is 23.9 Å². The Bertz CT molecular complexity index is 985. The number of phenols is 2. The molecule has 0 bridgehead atoms. The normalized spacial score (nSPS) is 23.2. The van der Waals surface area contributed by atoms with E-state index in [1.807, 2.05) is 24.3 Å². The van der Waals surface area contributed by atoms with Crippen molar-refractivity contribution < 1.29 is 10.2 Å². The third-order valence-corrected chi connectivity index (χ3v) is 10.8. The van der Waals surface area contributed by atoms with Gasteiger partial charge < -0.3 is 20.0 Å². The molecule has 0 radical (unpaired) electrons. The van der Waals surface area contributed by atoms with Crippen molar-refractivity contribution in [2.75, 3.05) is 39.3 Å². The van der Waals surface area contributed by atoms with Crippen molar-refractivity contribution in [2.45, 2.75) is 127 Å². The number of likely N-dealkylation sites (tertiary alicyclic amines) is 2. The first-order valence-corrected chi connectivity index (χ1v) is 17.5. The maximum Gasteiger partial charge on any atom is 0.115 e. The average molecular weight is 650 g/mol. The molecule has 2 saturated heterocycles.